The summed E-state index contributed by atoms with van der Waals surface area (Å²) in [4.78, 5) is 77.3. The minimum atomic E-state index is -0.844. The van der Waals surface area contributed by atoms with Gasteiger partial charge in [0.2, 0.25) is 23.6 Å². The number of carbonyl (C=O) groups is 5. The summed E-state index contributed by atoms with van der Waals surface area (Å²) in [5, 5.41) is 67.2. The van der Waals surface area contributed by atoms with Crippen LogP contribution >= 0.6 is 0 Å². The van der Waals surface area contributed by atoms with Crippen molar-refractivity contribution in [2.24, 2.45) is 0 Å². The van der Waals surface area contributed by atoms with Gasteiger partial charge in [0.1, 0.15) is 69.5 Å². The molecule has 12 aromatic rings. The van der Waals surface area contributed by atoms with Crippen molar-refractivity contribution in [2.75, 3.05) is 74.1 Å². The number of nitro groups is 1. The fourth-order valence-electron chi connectivity index (χ4n) is 16.5. The summed E-state index contributed by atoms with van der Waals surface area (Å²) < 4.78 is 41.6. The van der Waals surface area contributed by atoms with E-state index in [2.05, 4.69) is 67.5 Å². The predicted octanol–water partition coefficient (Wildman–Crippen LogP) is 9.54. The van der Waals surface area contributed by atoms with Crippen molar-refractivity contribution in [3.63, 3.8) is 0 Å². The molecule has 115 heavy (non-hydrogen) atoms. The fourth-order valence-corrected chi connectivity index (χ4v) is 16.5. The average Bonchev–Trinajstić information content (AvgIpc) is 1.59. The van der Waals surface area contributed by atoms with Crippen LogP contribution in [0.1, 0.15) is 111 Å². The van der Waals surface area contributed by atoms with Gasteiger partial charge < -0.3 is 54.8 Å². The molecule has 0 radical (unpaired) electrons. The number of pyridine rings is 1. The second-order valence-corrected chi connectivity index (χ2v) is 29.4. The van der Waals surface area contributed by atoms with Crippen molar-refractivity contribution in [3.8, 4) is 22.9 Å². The number of carbonyl (C=O) groups excluding carboxylic acids is 5. The lowest BCUT2D eigenvalue weighted by Crippen LogP contribution is -2.46. The van der Waals surface area contributed by atoms with E-state index in [1.54, 1.807) is 73.8 Å². The Morgan fingerprint density at radius 2 is 0.835 bits per heavy atom. The molecule has 0 aliphatic carbocycles. The van der Waals surface area contributed by atoms with Crippen LogP contribution < -0.4 is 30.7 Å². The third-order valence-electron chi connectivity index (χ3n) is 22.3. The smallest absolute Gasteiger partial charge is 0.310 e. The highest BCUT2D eigenvalue weighted by atomic mass is 16.6. The lowest BCUT2D eigenvalue weighted by molar-refractivity contribution is -0.385. The van der Waals surface area contributed by atoms with Crippen LogP contribution in [-0.2, 0) is 73.0 Å². The summed E-state index contributed by atoms with van der Waals surface area (Å²) >= 11 is 0. The molecule has 8 aliphatic heterocycles. The molecular weight excluding hydrogens is 1470 g/mol. The number of fused-ring (bicyclic) bond motifs is 8. The Morgan fingerprint density at radius 1 is 0.452 bits per heavy atom. The molecule has 32 heteroatoms. The molecule has 0 bridgehead atoms. The molecule has 9 unspecified atom stereocenters. The van der Waals surface area contributed by atoms with Crippen LogP contribution in [0.3, 0.4) is 0 Å². The first kappa shape index (κ1) is 74.3. The molecule has 5 N–H and O–H groups in total. The number of hydrogen-bond donors (Lipinski definition) is 5. The maximum atomic E-state index is 12.8. The predicted molar refractivity (Wildman–Crippen MR) is 412 cm³/mol. The molecule has 4 saturated heterocycles. The molecule has 4 fully saturated rings. The number of hydrogen-bond acceptors (Lipinski definition) is 23. The van der Waals surface area contributed by atoms with Gasteiger partial charge in [-0.15, -0.1) is 20.4 Å². The number of aliphatic hydroxyl groups is 1. The van der Waals surface area contributed by atoms with E-state index in [4.69, 9.17) is 28.4 Å². The first-order valence-corrected chi connectivity index (χ1v) is 37.5. The van der Waals surface area contributed by atoms with E-state index in [0.29, 0.717) is 113 Å². The van der Waals surface area contributed by atoms with E-state index in [1.165, 1.54) is 12.1 Å². The molecule has 4 amide bonds. The number of anilines is 4. The number of ether oxygens (including phenoxy) is 6. The topological polar surface area (TPSA) is 388 Å². The van der Waals surface area contributed by atoms with E-state index < -0.39 is 32.7 Å². The normalized spacial score (nSPS) is 23.4. The van der Waals surface area contributed by atoms with Gasteiger partial charge in [0.25, 0.3) is 0 Å². The van der Waals surface area contributed by atoms with Gasteiger partial charge in [-0.2, -0.15) is 0 Å². The van der Waals surface area contributed by atoms with Gasteiger partial charge in [-0.05, 0) is 108 Å². The monoisotopic (exact) mass is 1550 g/mol. The van der Waals surface area contributed by atoms with Gasteiger partial charge in [-0.3, -0.25) is 39.1 Å². The number of amides is 4. The highest BCUT2D eigenvalue weighted by molar-refractivity contribution is 6.09. The van der Waals surface area contributed by atoms with Crippen LogP contribution in [0.5, 0.6) is 11.5 Å². The zero-order valence-electron chi connectivity index (χ0n) is 61.7. The van der Waals surface area contributed by atoms with Crippen molar-refractivity contribution in [1.82, 2.24) is 65.0 Å². The van der Waals surface area contributed by atoms with Gasteiger partial charge in [-0.1, -0.05) is 154 Å². The number of benzene rings is 7. The van der Waals surface area contributed by atoms with Gasteiger partial charge in [0, 0.05) is 35.0 Å². The lowest BCUT2D eigenvalue weighted by atomic mass is 9.76. The number of rotatable bonds is 15. The van der Waals surface area contributed by atoms with E-state index in [-0.39, 0.29) is 72.4 Å². The van der Waals surface area contributed by atoms with Crippen molar-refractivity contribution in [1.29, 1.82) is 0 Å². The Labute approximate surface area is 656 Å². The minimum Gasteiger partial charge on any atom is -0.486 e. The molecule has 5 aromatic heterocycles. The molecule has 8 aliphatic rings. The Kier molecular flexibility index (Phi) is 20.5. The van der Waals surface area contributed by atoms with Crippen molar-refractivity contribution < 1.29 is 62.4 Å². The molecule has 9 atom stereocenters. The van der Waals surface area contributed by atoms with Crippen molar-refractivity contribution in [3.05, 3.63) is 286 Å². The summed E-state index contributed by atoms with van der Waals surface area (Å²) in [7, 11) is 0. The Morgan fingerprint density at radius 3 is 1.29 bits per heavy atom. The third-order valence-corrected chi connectivity index (χ3v) is 22.3. The second kappa shape index (κ2) is 31.6. The average molecular weight is 1550 g/mol. The Hall–Kier alpha value is -13.4. The van der Waals surface area contributed by atoms with Crippen LogP contribution in [0, 0.1) is 10.1 Å². The summed E-state index contributed by atoms with van der Waals surface area (Å²) in [5.74, 6) is 0.514. The number of para-hydroxylation sites is 7. The van der Waals surface area contributed by atoms with E-state index in [0.717, 1.165) is 62.5 Å². The maximum absolute atomic E-state index is 12.8. The van der Waals surface area contributed by atoms with Crippen molar-refractivity contribution in [2.45, 2.75) is 90.8 Å². The van der Waals surface area contributed by atoms with Crippen LogP contribution in [0.25, 0.3) is 11.4 Å². The van der Waals surface area contributed by atoms with Crippen LogP contribution in [-0.4, -0.2) is 158 Å². The molecule has 0 saturated carbocycles. The standard InChI is InChI=1S/C22H20N4O4.C21H19N5O5.C21H20N4O3.C19H17N5O2/c27-11-15-5-1-4-8-20(15)30-12-16-10-26(25-24-16)17-9-22(14-29-13-17)18-6-2-3-7-19(18)23-21(22)28;27-20-21(16-5-1-2-6-17(16)22-20)9-15(12-30-13-21)25-10-14(23-24-25)11-31-19-8-4-3-7-18(19)26(28)29;26-19(14-6-2-1-3-7-14)18-11-25(24-23-18)15-10-21(13-28-12-15)16-8-4-5-9-17(16)22-20(21)27;25-18-19(14-5-1-2-6-15(14)21-18)9-13(11-26-12-19)24-10-17(22-23-24)16-7-3-4-8-20-16/h1-8,10-11,17H,9,12-14H2,(H,23,28);1-8,10,15H,9,11-13H2,(H,22,27);1-9,11,15,19,26H,10,12-13H2,(H,22,27);1-8,10,13H,9,11-12H2,(H,21,25). The number of aromatic nitrogens is 13. The van der Waals surface area contributed by atoms with Gasteiger partial charge in [-0.25, -0.2) is 18.7 Å². The summed E-state index contributed by atoms with van der Waals surface area (Å²) in [6, 6.07) is 58.6. The molecule has 7 aromatic carbocycles. The Balaban J connectivity index is 0.000000111. The summed E-state index contributed by atoms with van der Waals surface area (Å²) in [5.41, 5.74) is 8.62. The molecule has 4 spiro atoms. The highest BCUT2D eigenvalue weighted by Crippen LogP contribution is 2.50. The van der Waals surface area contributed by atoms with Crippen LogP contribution in [0.15, 0.2) is 225 Å². The molecule has 582 valence electrons. The number of nitro benzene ring substituents is 1. The largest absolute Gasteiger partial charge is 0.486 e. The lowest BCUT2D eigenvalue weighted by Gasteiger charge is -2.36. The number of nitrogens with zero attached hydrogens (tertiary/aromatic N) is 14. The van der Waals surface area contributed by atoms with Gasteiger partial charge >= 0.3 is 5.69 Å². The minimum absolute atomic E-state index is 0.00605. The summed E-state index contributed by atoms with van der Waals surface area (Å²) in [6.45, 7) is 3.42. The van der Waals surface area contributed by atoms with Gasteiger partial charge in [0.15, 0.2) is 12.0 Å². The quantitative estimate of drug-likeness (QED) is 0.0362. The number of aldehydes is 1. The molecule has 13 heterocycles. The zero-order valence-corrected chi connectivity index (χ0v) is 61.7. The first-order valence-electron chi connectivity index (χ1n) is 37.5. The second-order valence-electron chi connectivity index (χ2n) is 29.4. The van der Waals surface area contributed by atoms with Gasteiger partial charge in [0.05, 0.1) is 118 Å². The molecule has 20 rings (SSSR count). The van der Waals surface area contributed by atoms with E-state index in [1.807, 2.05) is 158 Å². The van der Waals surface area contributed by atoms with E-state index >= 15 is 0 Å². The molecular formula is C83H76N18O14. The maximum Gasteiger partial charge on any atom is 0.310 e. The summed E-state index contributed by atoms with van der Waals surface area (Å²) in [6.07, 6.45) is 11.1. The van der Waals surface area contributed by atoms with E-state index in [9.17, 15) is 39.2 Å². The highest BCUT2D eigenvalue weighted by Gasteiger charge is 2.55. The van der Waals surface area contributed by atoms with Crippen LogP contribution in [0.2, 0.25) is 0 Å². The zero-order chi connectivity index (χ0) is 78.7. The Bertz CT molecular complexity index is 5630. The number of nitrogens with one attached hydrogen (secondary N) is 4. The van der Waals surface area contributed by atoms with Crippen LogP contribution in [0.4, 0.5) is 28.4 Å². The number of aliphatic hydroxyl groups excluding tert-OH is 1. The fraction of sp³-hybridized carbons (Fsp3) is 0.277. The third kappa shape index (κ3) is 14.4. The SMILES string of the molecule is O=C1Nc2ccccc2C12COCC(n1cc(-c3ccccn3)nn1)C2.O=C1Nc2ccccc2C12COCC(n1cc(C(O)c3ccccc3)nn1)C2.O=C1Nc2ccccc2C12COCC(n1cc(COc3ccccc3[N+](=O)[O-])nn1)C2.O=Cc1ccccc1OCc1cn(C2COCC3(C2)C(=O)Nc2ccccc23)nn1. The van der Waals surface area contributed by atoms with Crippen molar-refractivity contribution >= 4 is 58.4 Å². The molecule has 32 nitrogen and oxygen atoms in total. The first-order chi connectivity index (χ1) is 56.2.